The van der Waals surface area contributed by atoms with Crippen LogP contribution in [0, 0.1) is 11.3 Å². The summed E-state index contributed by atoms with van der Waals surface area (Å²) in [5.41, 5.74) is 2.22. The van der Waals surface area contributed by atoms with Gasteiger partial charge in [-0.25, -0.2) is 4.68 Å². The maximum atomic E-state index is 9.89. The summed E-state index contributed by atoms with van der Waals surface area (Å²) < 4.78 is 6.87. The van der Waals surface area contributed by atoms with Crippen molar-refractivity contribution in [2.24, 2.45) is 0 Å². The molecule has 0 saturated carbocycles. The quantitative estimate of drug-likeness (QED) is 0.757. The summed E-state index contributed by atoms with van der Waals surface area (Å²) in [7, 11) is 1.47. The van der Waals surface area contributed by atoms with Crippen LogP contribution in [0.2, 0.25) is 5.02 Å². The first kappa shape index (κ1) is 16.6. The number of anilines is 1. The molecule has 1 N–H and O–H groups in total. The van der Waals surface area contributed by atoms with Crippen molar-refractivity contribution >= 4 is 17.3 Å². The highest BCUT2D eigenvalue weighted by atomic mass is 35.5. The molecule has 7 nitrogen and oxygen atoms in total. The number of rotatable bonds is 5. The van der Waals surface area contributed by atoms with Crippen molar-refractivity contribution in [2.45, 2.75) is 6.54 Å². The molecule has 8 heteroatoms. The van der Waals surface area contributed by atoms with Gasteiger partial charge in [0.2, 0.25) is 0 Å². The fourth-order valence-electron chi connectivity index (χ4n) is 2.38. The molecule has 0 aliphatic carbocycles. The number of benzene rings is 2. The maximum absolute atomic E-state index is 9.89. The summed E-state index contributed by atoms with van der Waals surface area (Å²) >= 11 is 6.08. The molecule has 0 fully saturated rings. The third-order valence-electron chi connectivity index (χ3n) is 3.62. The number of nitrogens with zero attached hydrogens (tertiary/aromatic N) is 5. The average molecular weight is 356 g/mol. The summed E-state index contributed by atoms with van der Waals surface area (Å²) in [4.78, 5) is 0. The highest BCUT2D eigenvalue weighted by molar-refractivity contribution is 6.32. The number of hydrogen-bond donors (Lipinski definition) is 1. The van der Waals surface area contributed by atoms with E-state index in [1.165, 1.54) is 7.11 Å². The van der Waals surface area contributed by atoms with Crippen molar-refractivity contribution in [1.82, 2.24) is 14.9 Å². The second-order valence-corrected chi connectivity index (χ2v) is 5.59. The Hall–Kier alpha value is -3.24. The second kappa shape index (κ2) is 7.11. The first-order valence-electron chi connectivity index (χ1n) is 7.30. The van der Waals surface area contributed by atoms with Crippen LogP contribution in [0.3, 0.4) is 0 Å². The summed E-state index contributed by atoms with van der Waals surface area (Å²) in [6, 6.07) is 12.6. The zero-order valence-electron chi connectivity index (χ0n) is 13.3. The van der Waals surface area contributed by atoms with Gasteiger partial charge in [-0.2, -0.15) is 5.26 Å². The Kier molecular flexibility index (Phi) is 4.73. The Labute approximate surface area is 149 Å². The van der Waals surface area contributed by atoms with Crippen LogP contribution in [0.25, 0.3) is 0 Å². The summed E-state index contributed by atoms with van der Waals surface area (Å²) in [5, 5.41) is 28.6. The molecular weight excluding hydrogens is 342 g/mol. The molecular formula is C17H14ClN5O2. The van der Waals surface area contributed by atoms with E-state index in [9.17, 15) is 5.11 Å². The van der Waals surface area contributed by atoms with E-state index in [0.717, 1.165) is 11.3 Å². The molecule has 0 aliphatic heterocycles. The average Bonchev–Trinajstić information content (AvgIpc) is 3.17. The predicted molar refractivity (Wildman–Crippen MR) is 92.4 cm³/mol. The minimum atomic E-state index is -0.0952. The normalized spacial score (nSPS) is 10.3. The lowest BCUT2D eigenvalue weighted by Gasteiger charge is -2.25. The summed E-state index contributed by atoms with van der Waals surface area (Å²) in [6.07, 6.45) is 3.13. The molecule has 1 aromatic heterocycles. The van der Waals surface area contributed by atoms with Crippen LogP contribution in [0.5, 0.6) is 11.5 Å². The number of phenols is 1. The van der Waals surface area contributed by atoms with Gasteiger partial charge in [0.1, 0.15) is 12.7 Å². The summed E-state index contributed by atoms with van der Waals surface area (Å²) in [6.45, 7) is 0.417. The molecule has 25 heavy (non-hydrogen) atoms. The predicted octanol–water partition coefficient (Wildman–Crippen LogP) is 2.99. The fraction of sp³-hybridized carbons (Fsp3) is 0.118. The summed E-state index contributed by atoms with van der Waals surface area (Å²) in [5.74, 6) is 0.202. The number of methoxy groups -OCH3 is 1. The first-order valence-corrected chi connectivity index (χ1v) is 7.68. The lowest BCUT2D eigenvalue weighted by Crippen LogP contribution is -2.27. The van der Waals surface area contributed by atoms with Crippen LogP contribution >= 0.6 is 11.6 Å². The van der Waals surface area contributed by atoms with Crippen LogP contribution in [0.4, 0.5) is 5.69 Å². The zero-order valence-corrected chi connectivity index (χ0v) is 14.1. The molecule has 0 unspecified atom stereocenters. The standard InChI is InChI=1S/C17H14ClN5O2/c1-25-16-7-13(6-15(18)17(16)24)9-23(22-10-20-21-11-22)14-4-2-12(8-19)3-5-14/h2-7,10-11,24H,9H2,1H3. The molecule has 126 valence electrons. The number of halogens is 1. The molecule has 0 saturated heterocycles. The lowest BCUT2D eigenvalue weighted by atomic mass is 10.1. The largest absolute Gasteiger partial charge is 0.503 e. The smallest absolute Gasteiger partial charge is 0.176 e. The molecule has 0 aliphatic rings. The Bertz CT molecular complexity index is 904. The second-order valence-electron chi connectivity index (χ2n) is 5.19. The molecule has 2 aromatic carbocycles. The molecule has 0 radical (unpaired) electrons. The maximum Gasteiger partial charge on any atom is 0.176 e. The zero-order chi connectivity index (χ0) is 17.8. The van der Waals surface area contributed by atoms with Gasteiger partial charge in [-0.15, -0.1) is 10.2 Å². The lowest BCUT2D eigenvalue weighted by molar-refractivity contribution is 0.373. The van der Waals surface area contributed by atoms with Crippen molar-refractivity contribution in [1.29, 1.82) is 5.26 Å². The van der Waals surface area contributed by atoms with Crippen LogP contribution in [0.15, 0.2) is 49.1 Å². The molecule has 0 spiro atoms. The molecule has 0 bridgehead atoms. The van der Waals surface area contributed by atoms with Crippen LogP contribution in [-0.2, 0) is 6.54 Å². The molecule has 3 aromatic rings. The molecule has 0 atom stereocenters. The van der Waals surface area contributed by atoms with E-state index in [-0.39, 0.29) is 10.8 Å². The number of aromatic hydroxyl groups is 1. The van der Waals surface area contributed by atoms with Crippen molar-refractivity contribution < 1.29 is 9.84 Å². The van der Waals surface area contributed by atoms with Crippen LogP contribution < -0.4 is 9.75 Å². The van der Waals surface area contributed by atoms with Gasteiger partial charge in [0, 0.05) is 0 Å². The van der Waals surface area contributed by atoms with E-state index in [0.29, 0.717) is 17.9 Å². The number of ether oxygens (including phenoxy) is 1. The van der Waals surface area contributed by atoms with Gasteiger partial charge >= 0.3 is 0 Å². The van der Waals surface area contributed by atoms with Gasteiger partial charge in [-0.1, -0.05) is 11.6 Å². The van der Waals surface area contributed by atoms with E-state index in [2.05, 4.69) is 16.3 Å². The van der Waals surface area contributed by atoms with Gasteiger partial charge in [0.05, 0.1) is 36.0 Å². The van der Waals surface area contributed by atoms with Gasteiger partial charge in [-0.05, 0) is 42.0 Å². The van der Waals surface area contributed by atoms with E-state index in [4.69, 9.17) is 21.6 Å². The third kappa shape index (κ3) is 3.49. The number of nitriles is 1. The third-order valence-corrected chi connectivity index (χ3v) is 3.91. The van der Waals surface area contributed by atoms with E-state index in [1.54, 1.807) is 41.6 Å². The van der Waals surface area contributed by atoms with Crippen molar-refractivity contribution in [3.05, 3.63) is 65.2 Å². The molecule has 0 amide bonds. The minimum Gasteiger partial charge on any atom is -0.503 e. The Balaban J connectivity index is 1.99. The topological polar surface area (TPSA) is 87.2 Å². The Morgan fingerprint density at radius 2 is 1.92 bits per heavy atom. The SMILES string of the molecule is COc1cc(CN(c2ccc(C#N)cc2)n2cnnc2)cc(Cl)c1O. The number of hydrogen-bond acceptors (Lipinski definition) is 6. The number of aromatic nitrogens is 3. The van der Waals surface area contributed by atoms with Gasteiger partial charge in [0.25, 0.3) is 0 Å². The van der Waals surface area contributed by atoms with Gasteiger partial charge in [0.15, 0.2) is 11.5 Å². The fourth-order valence-corrected chi connectivity index (χ4v) is 2.61. The minimum absolute atomic E-state index is 0.0952. The van der Waals surface area contributed by atoms with Gasteiger partial charge < -0.3 is 9.84 Å². The van der Waals surface area contributed by atoms with Crippen molar-refractivity contribution in [3.8, 4) is 17.6 Å². The van der Waals surface area contributed by atoms with E-state index < -0.39 is 0 Å². The van der Waals surface area contributed by atoms with E-state index in [1.807, 2.05) is 17.1 Å². The number of phenolic OH excluding ortho intramolecular Hbond substituents is 1. The van der Waals surface area contributed by atoms with Crippen molar-refractivity contribution in [2.75, 3.05) is 12.1 Å². The Morgan fingerprint density at radius 1 is 1.24 bits per heavy atom. The van der Waals surface area contributed by atoms with Crippen LogP contribution in [0.1, 0.15) is 11.1 Å². The highest BCUT2D eigenvalue weighted by Gasteiger charge is 2.14. The monoisotopic (exact) mass is 355 g/mol. The molecule has 3 rings (SSSR count). The first-order chi connectivity index (χ1) is 12.1. The van der Waals surface area contributed by atoms with E-state index >= 15 is 0 Å². The molecule has 1 heterocycles. The van der Waals surface area contributed by atoms with Gasteiger partial charge in [-0.3, -0.25) is 5.01 Å². The van der Waals surface area contributed by atoms with Crippen molar-refractivity contribution in [3.63, 3.8) is 0 Å². The van der Waals surface area contributed by atoms with Crippen LogP contribution in [-0.4, -0.2) is 27.1 Å². The highest BCUT2D eigenvalue weighted by Crippen LogP contribution is 2.35. The Morgan fingerprint density at radius 3 is 2.52 bits per heavy atom.